The van der Waals surface area contributed by atoms with Gasteiger partial charge in [-0.25, -0.2) is 4.98 Å². The molecule has 7 nitrogen and oxygen atoms in total. The molecule has 0 bridgehead atoms. The van der Waals surface area contributed by atoms with Crippen molar-refractivity contribution in [2.45, 2.75) is 20.3 Å². The second kappa shape index (κ2) is 11.1. The van der Waals surface area contributed by atoms with Crippen molar-refractivity contribution in [2.75, 3.05) is 13.7 Å². The number of H-pyrrole nitrogens is 1. The van der Waals surface area contributed by atoms with Crippen LogP contribution in [0.25, 0.3) is 27.5 Å². The van der Waals surface area contributed by atoms with Crippen molar-refractivity contribution in [3.05, 3.63) is 99.7 Å². The summed E-state index contributed by atoms with van der Waals surface area (Å²) in [5, 5.41) is 5.06. The van der Waals surface area contributed by atoms with Crippen molar-refractivity contribution in [1.29, 1.82) is 0 Å². The second-order valence-corrected chi connectivity index (χ2v) is 8.63. The van der Waals surface area contributed by atoms with Crippen LogP contribution in [0.3, 0.4) is 0 Å². The molecule has 184 valence electrons. The van der Waals surface area contributed by atoms with Crippen molar-refractivity contribution in [3.63, 3.8) is 0 Å². The number of methoxy groups -OCH3 is 1. The number of rotatable bonds is 5. The molecule has 2 N–H and O–H groups in total. The number of hydrogen-bond donors (Lipinski definition) is 2. The van der Waals surface area contributed by atoms with E-state index in [0.29, 0.717) is 34.0 Å². The maximum Gasteiger partial charge on any atom is 0.266 e. The quantitative estimate of drug-likeness (QED) is 0.345. The largest absolute Gasteiger partial charge is 0.497 e. The highest BCUT2D eigenvalue weighted by Crippen LogP contribution is 2.24. The zero-order valence-corrected chi connectivity index (χ0v) is 21.1. The Morgan fingerprint density at radius 1 is 1.08 bits per heavy atom. The highest BCUT2D eigenvalue weighted by atomic mass is 35.5. The summed E-state index contributed by atoms with van der Waals surface area (Å²) in [6.45, 7) is 3.98. The first kappa shape index (κ1) is 25.0. The Labute approximate surface area is 213 Å². The SMILES string of the molecule is COc1ccc2[nH]cc(CCNC(C)=O)c2c1.Cc1nc2ccccc2c(=O)n1-c1ccccc1Cl. The lowest BCUT2D eigenvalue weighted by Crippen LogP contribution is -2.22. The number of aromatic nitrogens is 3. The Balaban J connectivity index is 0.000000170. The molecule has 0 aliphatic rings. The first-order valence-corrected chi connectivity index (χ1v) is 11.9. The number of carbonyl (C=O) groups is 1. The number of hydrogen-bond acceptors (Lipinski definition) is 4. The van der Waals surface area contributed by atoms with Gasteiger partial charge in [0.15, 0.2) is 0 Å². The molecule has 0 aliphatic carbocycles. The Hall–Kier alpha value is -4.10. The molecule has 0 atom stereocenters. The summed E-state index contributed by atoms with van der Waals surface area (Å²) in [4.78, 5) is 31.0. The van der Waals surface area contributed by atoms with Crippen molar-refractivity contribution < 1.29 is 9.53 Å². The summed E-state index contributed by atoms with van der Waals surface area (Å²) in [6, 6.07) is 20.5. The highest BCUT2D eigenvalue weighted by Gasteiger charge is 2.11. The lowest BCUT2D eigenvalue weighted by Gasteiger charge is -2.11. The van der Waals surface area contributed by atoms with Crippen LogP contribution in [0.5, 0.6) is 5.75 Å². The van der Waals surface area contributed by atoms with E-state index in [0.717, 1.165) is 23.1 Å². The van der Waals surface area contributed by atoms with E-state index in [9.17, 15) is 9.59 Å². The maximum atomic E-state index is 12.6. The van der Waals surface area contributed by atoms with Gasteiger partial charge in [0.05, 0.1) is 28.7 Å². The van der Waals surface area contributed by atoms with Crippen LogP contribution in [0.2, 0.25) is 5.02 Å². The zero-order chi connectivity index (χ0) is 25.7. The van der Waals surface area contributed by atoms with Gasteiger partial charge in [0.1, 0.15) is 11.6 Å². The van der Waals surface area contributed by atoms with Crippen LogP contribution in [0.4, 0.5) is 0 Å². The van der Waals surface area contributed by atoms with Gasteiger partial charge in [-0.3, -0.25) is 14.2 Å². The number of aromatic amines is 1. The van der Waals surface area contributed by atoms with Crippen molar-refractivity contribution in [3.8, 4) is 11.4 Å². The molecule has 0 saturated carbocycles. The number of aryl methyl sites for hydroxylation is 1. The van der Waals surface area contributed by atoms with Gasteiger partial charge >= 0.3 is 0 Å². The van der Waals surface area contributed by atoms with Crippen LogP contribution in [0.1, 0.15) is 18.3 Å². The molecular formula is C28H27ClN4O3. The van der Waals surface area contributed by atoms with Crippen molar-refractivity contribution >= 4 is 39.3 Å². The first-order chi connectivity index (χ1) is 17.4. The van der Waals surface area contributed by atoms with E-state index in [1.165, 1.54) is 12.5 Å². The normalized spacial score (nSPS) is 10.7. The third-order valence-corrected chi connectivity index (χ3v) is 6.10. The van der Waals surface area contributed by atoms with Crippen molar-refractivity contribution in [1.82, 2.24) is 19.9 Å². The van der Waals surface area contributed by atoms with Gasteiger partial charge < -0.3 is 15.0 Å². The summed E-state index contributed by atoms with van der Waals surface area (Å²) in [5.41, 5.74) is 3.53. The van der Waals surface area contributed by atoms with E-state index in [4.69, 9.17) is 16.3 Å². The number of nitrogens with zero attached hydrogens (tertiary/aromatic N) is 2. The fourth-order valence-corrected chi connectivity index (χ4v) is 4.25. The molecule has 5 aromatic rings. The molecule has 0 radical (unpaired) electrons. The van der Waals surface area contributed by atoms with Crippen molar-refractivity contribution in [2.24, 2.45) is 0 Å². The van der Waals surface area contributed by atoms with Crippen LogP contribution in [-0.4, -0.2) is 34.1 Å². The molecule has 0 saturated heterocycles. The number of para-hydroxylation sites is 2. The Morgan fingerprint density at radius 3 is 2.58 bits per heavy atom. The smallest absolute Gasteiger partial charge is 0.266 e. The van der Waals surface area contributed by atoms with E-state index in [-0.39, 0.29) is 11.5 Å². The molecule has 36 heavy (non-hydrogen) atoms. The molecule has 0 spiro atoms. The highest BCUT2D eigenvalue weighted by molar-refractivity contribution is 6.32. The van der Waals surface area contributed by atoms with Gasteiger partial charge in [0, 0.05) is 30.6 Å². The van der Waals surface area contributed by atoms with Crippen LogP contribution in [0, 0.1) is 6.92 Å². The van der Waals surface area contributed by atoms with Gasteiger partial charge in [-0.1, -0.05) is 35.9 Å². The topological polar surface area (TPSA) is 89.0 Å². The van der Waals surface area contributed by atoms with E-state index in [1.54, 1.807) is 30.7 Å². The molecule has 3 aromatic carbocycles. The van der Waals surface area contributed by atoms with E-state index in [1.807, 2.05) is 60.8 Å². The third kappa shape index (κ3) is 5.42. The van der Waals surface area contributed by atoms with E-state index >= 15 is 0 Å². The lowest BCUT2D eigenvalue weighted by atomic mass is 10.1. The minimum atomic E-state index is -0.101. The van der Waals surface area contributed by atoms with Gasteiger partial charge in [-0.15, -0.1) is 0 Å². The first-order valence-electron chi connectivity index (χ1n) is 11.5. The predicted octanol–water partition coefficient (Wildman–Crippen LogP) is 5.20. The molecule has 1 amide bonds. The molecular weight excluding hydrogens is 476 g/mol. The standard InChI is InChI=1S/C15H11ClN2O.C13H16N2O2/c1-10-17-13-8-4-2-6-11(13)15(19)18(10)14-9-5-3-7-12(14)16;1-9(16)14-6-5-10-8-15-13-4-3-11(17-2)7-12(10)13/h2-9H,1H3;3-4,7-8,15H,5-6H2,1-2H3,(H,14,16). The number of carbonyl (C=O) groups excluding carboxylic acids is 1. The minimum absolute atomic E-state index is 0.00224. The molecule has 0 unspecified atom stereocenters. The Kier molecular flexibility index (Phi) is 7.71. The Morgan fingerprint density at radius 2 is 1.83 bits per heavy atom. The average molecular weight is 503 g/mol. The summed E-state index contributed by atoms with van der Waals surface area (Å²) in [7, 11) is 1.66. The fourth-order valence-electron chi connectivity index (χ4n) is 4.03. The molecule has 0 aliphatic heterocycles. The predicted molar refractivity (Wildman–Crippen MR) is 144 cm³/mol. The molecule has 2 aromatic heterocycles. The molecule has 2 heterocycles. The van der Waals surface area contributed by atoms with E-state index in [2.05, 4.69) is 15.3 Å². The summed E-state index contributed by atoms with van der Waals surface area (Å²) < 4.78 is 6.75. The van der Waals surface area contributed by atoms with Gasteiger partial charge in [-0.05, 0) is 61.4 Å². The van der Waals surface area contributed by atoms with Gasteiger partial charge in [0.25, 0.3) is 5.56 Å². The summed E-state index contributed by atoms with van der Waals surface area (Å²) in [6.07, 6.45) is 2.79. The number of ether oxygens (including phenoxy) is 1. The molecule has 8 heteroatoms. The fraction of sp³-hybridized carbons (Fsp3) is 0.179. The molecule has 0 fully saturated rings. The number of benzene rings is 3. The van der Waals surface area contributed by atoms with Crippen LogP contribution in [-0.2, 0) is 11.2 Å². The number of nitrogens with one attached hydrogen (secondary N) is 2. The van der Waals surface area contributed by atoms with Crippen LogP contribution in [0.15, 0.2) is 77.7 Å². The second-order valence-electron chi connectivity index (χ2n) is 8.23. The number of halogens is 1. The van der Waals surface area contributed by atoms with Crippen LogP contribution < -0.4 is 15.6 Å². The molecule has 5 rings (SSSR count). The average Bonchev–Trinajstić information content (AvgIpc) is 3.27. The van der Waals surface area contributed by atoms with E-state index < -0.39 is 0 Å². The third-order valence-electron chi connectivity index (χ3n) is 5.78. The number of fused-ring (bicyclic) bond motifs is 2. The Bertz CT molecular complexity index is 1590. The lowest BCUT2D eigenvalue weighted by molar-refractivity contribution is -0.118. The monoisotopic (exact) mass is 502 g/mol. The number of amides is 1. The maximum absolute atomic E-state index is 12.6. The summed E-state index contributed by atoms with van der Waals surface area (Å²) in [5.74, 6) is 1.47. The summed E-state index contributed by atoms with van der Waals surface area (Å²) >= 11 is 6.17. The zero-order valence-electron chi connectivity index (χ0n) is 20.3. The van der Waals surface area contributed by atoms with Gasteiger partial charge in [-0.2, -0.15) is 0 Å². The van der Waals surface area contributed by atoms with Gasteiger partial charge in [0.2, 0.25) is 5.91 Å². The van der Waals surface area contributed by atoms with Crippen LogP contribution >= 0.6 is 11.6 Å². The minimum Gasteiger partial charge on any atom is -0.497 e.